The first kappa shape index (κ1) is 32.9. The molecule has 4 aromatic rings. The van der Waals surface area contributed by atoms with Gasteiger partial charge < -0.3 is 30.5 Å². The molecule has 14 heteroatoms. The van der Waals surface area contributed by atoms with Crippen molar-refractivity contribution in [3.05, 3.63) is 71.2 Å². The van der Waals surface area contributed by atoms with E-state index < -0.39 is 56.1 Å². The highest BCUT2D eigenvalue weighted by Gasteiger charge is 2.27. The molecule has 1 aromatic heterocycles. The van der Waals surface area contributed by atoms with Gasteiger partial charge in [-0.15, -0.1) is 0 Å². The van der Waals surface area contributed by atoms with E-state index in [-0.39, 0.29) is 13.0 Å². The SMILES string of the molecule is COc1ccc2nc3cc(Cl)ccc3c(Nc3ccc(CC(CN(CC(=O)O)CC(=O)O)N(CC(=O)O)CC(=O)O)cc3)c2c1. The van der Waals surface area contributed by atoms with E-state index in [1.807, 2.05) is 24.3 Å². The number of methoxy groups -OCH3 is 1. The van der Waals surface area contributed by atoms with Crippen LogP contribution < -0.4 is 10.1 Å². The van der Waals surface area contributed by atoms with Crippen molar-refractivity contribution in [3.63, 3.8) is 0 Å². The van der Waals surface area contributed by atoms with Gasteiger partial charge >= 0.3 is 23.9 Å². The van der Waals surface area contributed by atoms with Gasteiger partial charge in [-0.1, -0.05) is 23.7 Å². The average molecular weight is 639 g/mol. The maximum Gasteiger partial charge on any atom is 0.317 e. The summed E-state index contributed by atoms with van der Waals surface area (Å²) in [4.78, 5) is 53.0. The van der Waals surface area contributed by atoms with Gasteiger partial charge in [-0.25, -0.2) is 4.98 Å². The molecule has 0 fully saturated rings. The minimum absolute atomic E-state index is 0.118. The second kappa shape index (κ2) is 14.7. The zero-order chi connectivity index (χ0) is 32.7. The summed E-state index contributed by atoms with van der Waals surface area (Å²) in [6.45, 7) is -2.72. The van der Waals surface area contributed by atoms with Crippen molar-refractivity contribution in [1.29, 1.82) is 0 Å². The van der Waals surface area contributed by atoms with E-state index in [0.29, 0.717) is 27.5 Å². The Labute approximate surface area is 262 Å². The second-order valence-corrected chi connectivity index (χ2v) is 10.8. The Morgan fingerprint density at radius 1 is 0.800 bits per heavy atom. The van der Waals surface area contributed by atoms with Crippen LogP contribution in [0.4, 0.5) is 11.4 Å². The van der Waals surface area contributed by atoms with Crippen LogP contribution in [0.1, 0.15) is 5.56 Å². The van der Waals surface area contributed by atoms with E-state index in [4.69, 9.17) is 21.3 Å². The van der Waals surface area contributed by atoms with E-state index in [2.05, 4.69) is 5.32 Å². The minimum atomic E-state index is -1.28. The summed E-state index contributed by atoms with van der Waals surface area (Å²) in [5, 5.41) is 43.1. The number of hydrogen-bond donors (Lipinski definition) is 5. The molecule has 0 aliphatic rings. The largest absolute Gasteiger partial charge is 0.497 e. The highest BCUT2D eigenvalue weighted by atomic mass is 35.5. The number of anilines is 2. The third kappa shape index (κ3) is 9.01. The first-order valence-electron chi connectivity index (χ1n) is 13.7. The number of carboxylic acids is 4. The van der Waals surface area contributed by atoms with E-state index in [1.165, 1.54) is 4.90 Å². The van der Waals surface area contributed by atoms with Crippen LogP contribution in [-0.4, -0.2) is 105 Å². The lowest BCUT2D eigenvalue weighted by atomic mass is 10.0. The summed E-state index contributed by atoms with van der Waals surface area (Å²) in [5.41, 5.74) is 3.56. The highest BCUT2D eigenvalue weighted by Crippen LogP contribution is 2.36. The van der Waals surface area contributed by atoms with Gasteiger partial charge in [-0.3, -0.25) is 29.0 Å². The predicted octanol–water partition coefficient (Wildman–Crippen LogP) is 3.65. The third-order valence-corrected chi connectivity index (χ3v) is 7.25. The quantitative estimate of drug-likeness (QED) is 0.112. The molecule has 1 unspecified atom stereocenters. The highest BCUT2D eigenvalue weighted by molar-refractivity contribution is 6.31. The molecule has 1 atom stereocenters. The summed E-state index contributed by atoms with van der Waals surface area (Å²) < 4.78 is 5.43. The molecule has 0 aliphatic heterocycles. The summed E-state index contributed by atoms with van der Waals surface area (Å²) in [6.07, 6.45) is 0.118. The number of carbonyl (C=O) groups is 4. The molecular weight excluding hydrogens is 608 g/mol. The van der Waals surface area contributed by atoms with Crippen LogP contribution in [0.3, 0.4) is 0 Å². The van der Waals surface area contributed by atoms with Crippen molar-refractivity contribution in [2.75, 3.05) is 45.2 Å². The van der Waals surface area contributed by atoms with Gasteiger partial charge in [0.15, 0.2) is 0 Å². The summed E-state index contributed by atoms with van der Waals surface area (Å²) in [5.74, 6) is -4.46. The van der Waals surface area contributed by atoms with Crippen molar-refractivity contribution in [3.8, 4) is 5.75 Å². The fourth-order valence-electron chi connectivity index (χ4n) is 5.13. The first-order chi connectivity index (χ1) is 21.4. The van der Waals surface area contributed by atoms with E-state index in [1.54, 1.807) is 43.5 Å². The fourth-order valence-corrected chi connectivity index (χ4v) is 5.30. The van der Waals surface area contributed by atoms with Gasteiger partial charge in [-0.2, -0.15) is 0 Å². The molecule has 0 bridgehead atoms. The van der Waals surface area contributed by atoms with Gasteiger partial charge in [0.25, 0.3) is 0 Å². The Kier molecular flexibility index (Phi) is 10.7. The van der Waals surface area contributed by atoms with E-state index in [0.717, 1.165) is 26.9 Å². The van der Waals surface area contributed by atoms with Gasteiger partial charge in [0.2, 0.25) is 0 Å². The maximum atomic E-state index is 11.6. The van der Waals surface area contributed by atoms with Crippen LogP contribution in [0.25, 0.3) is 21.8 Å². The molecule has 1 heterocycles. The van der Waals surface area contributed by atoms with Gasteiger partial charge in [0.05, 0.1) is 50.0 Å². The Bertz CT molecular complexity index is 1700. The predicted molar refractivity (Wildman–Crippen MR) is 167 cm³/mol. The Morgan fingerprint density at radius 3 is 2.00 bits per heavy atom. The number of nitrogens with one attached hydrogen (secondary N) is 1. The molecule has 236 valence electrons. The van der Waals surface area contributed by atoms with Crippen LogP contribution in [0.2, 0.25) is 5.02 Å². The van der Waals surface area contributed by atoms with Crippen LogP contribution in [-0.2, 0) is 25.6 Å². The number of benzene rings is 3. The Hall–Kier alpha value is -4.98. The number of halogens is 1. The summed E-state index contributed by atoms with van der Waals surface area (Å²) in [7, 11) is 1.57. The van der Waals surface area contributed by atoms with Crippen LogP contribution in [0.15, 0.2) is 60.7 Å². The lowest BCUT2D eigenvalue weighted by Crippen LogP contribution is -2.50. The number of nitrogens with zero attached hydrogens (tertiary/aromatic N) is 3. The molecule has 0 spiro atoms. The minimum Gasteiger partial charge on any atom is -0.497 e. The number of ether oxygens (including phenoxy) is 1. The molecule has 0 saturated heterocycles. The van der Waals surface area contributed by atoms with Crippen LogP contribution in [0, 0.1) is 0 Å². The van der Waals surface area contributed by atoms with Crippen molar-refractivity contribution < 1.29 is 44.3 Å². The molecule has 0 amide bonds. The van der Waals surface area contributed by atoms with Crippen LogP contribution in [0.5, 0.6) is 5.75 Å². The number of aromatic nitrogens is 1. The monoisotopic (exact) mass is 638 g/mol. The standard InChI is InChI=1S/C31H31ClN4O9/c1-45-22-7-9-25-24(12-22)31(23-8-4-19(32)11-26(23)34-25)33-20-5-2-18(3-6-20)10-21(36(16-29(41)42)17-30(43)44)13-35(14-27(37)38)15-28(39)40/h2-9,11-12,21H,10,13-17H2,1H3,(H,33,34)(H,37,38)(H,39,40)(H,41,42)(H,43,44). The van der Waals surface area contributed by atoms with E-state index >= 15 is 0 Å². The molecule has 45 heavy (non-hydrogen) atoms. The lowest BCUT2D eigenvalue weighted by Gasteiger charge is -2.33. The molecular formula is C31H31ClN4O9. The van der Waals surface area contributed by atoms with Gasteiger partial charge in [0, 0.05) is 34.1 Å². The number of pyridine rings is 1. The lowest BCUT2D eigenvalue weighted by molar-refractivity contribution is -0.146. The molecule has 13 nitrogen and oxygen atoms in total. The fraction of sp³-hybridized carbons (Fsp3) is 0.258. The first-order valence-corrected chi connectivity index (χ1v) is 14.1. The molecule has 5 N–H and O–H groups in total. The number of carboxylic acid groups (broad SMARTS) is 4. The molecule has 3 aromatic carbocycles. The number of hydrogen-bond acceptors (Lipinski definition) is 9. The van der Waals surface area contributed by atoms with E-state index in [9.17, 15) is 39.6 Å². The van der Waals surface area contributed by atoms with Crippen molar-refractivity contribution in [1.82, 2.24) is 14.8 Å². The number of aliphatic carboxylic acids is 4. The smallest absolute Gasteiger partial charge is 0.317 e. The molecule has 0 radical (unpaired) electrons. The van der Waals surface area contributed by atoms with Gasteiger partial charge in [0.1, 0.15) is 5.75 Å². The van der Waals surface area contributed by atoms with Crippen LogP contribution >= 0.6 is 11.6 Å². The topological polar surface area (TPSA) is 190 Å². The third-order valence-electron chi connectivity index (χ3n) is 7.02. The molecule has 4 rings (SSSR count). The Balaban J connectivity index is 1.66. The molecule has 0 saturated carbocycles. The molecule has 0 aliphatic carbocycles. The summed E-state index contributed by atoms with van der Waals surface area (Å²) in [6, 6.07) is 17.2. The second-order valence-electron chi connectivity index (χ2n) is 10.4. The maximum absolute atomic E-state index is 11.6. The number of rotatable bonds is 16. The van der Waals surface area contributed by atoms with Crippen molar-refractivity contribution in [2.24, 2.45) is 0 Å². The number of fused-ring (bicyclic) bond motifs is 2. The average Bonchev–Trinajstić information content (AvgIpc) is 2.95. The van der Waals surface area contributed by atoms with Crippen molar-refractivity contribution in [2.45, 2.75) is 12.5 Å². The Morgan fingerprint density at radius 2 is 1.42 bits per heavy atom. The summed E-state index contributed by atoms with van der Waals surface area (Å²) >= 11 is 6.24. The normalized spacial score (nSPS) is 12.0. The van der Waals surface area contributed by atoms with Gasteiger partial charge in [-0.05, 0) is 60.5 Å². The zero-order valence-corrected chi connectivity index (χ0v) is 24.9. The zero-order valence-electron chi connectivity index (χ0n) is 24.1. The van der Waals surface area contributed by atoms with Crippen molar-refractivity contribution >= 4 is 68.7 Å².